The number of hydrogen-bond donors (Lipinski definition) is 3. The Kier molecular flexibility index (Phi) is 6.52. The maximum absolute atomic E-state index is 11.8. The molecule has 6 heteroatoms. The fourth-order valence-corrected chi connectivity index (χ4v) is 1.60. The number of carbonyl (C=O) groups excluding carboxylic acids is 2. The Balaban J connectivity index is 2.34. The van der Waals surface area contributed by atoms with Crippen molar-refractivity contribution in [1.29, 1.82) is 0 Å². The predicted molar refractivity (Wildman–Crippen MR) is 78.6 cm³/mol. The van der Waals surface area contributed by atoms with Crippen LogP contribution in [0.2, 0.25) is 0 Å². The van der Waals surface area contributed by atoms with Gasteiger partial charge in [-0.3, -0.25) is 4.79 Å². The Morgan fingerprint density at radius 3 is 2.25 bits per heavy atom. The van der Waals surface area contributed by atoms with E-state index < -0.39 is 0 Å². The van der Waals surface area contributed by atoms with E-state index in [0.717, 1.165) is 12.0 Å². The first-order valence-corrected chi connectivity index (χ1v) is 6.57. The number of benzene rings is 1. The molecule has 20 heavy (non-hydrogen) atoms. The van der Waals surface area contributed by atoms with Crippen LogP contribution in [0.25, 0.3) is 0 Å². The zero-order chi connectivity index (χ0) is 15.0. The van der Waals surface area contributed by atoms with Crippen molar-refractivity contribution in [2.75, 3.05) is 33.7 Å². The van der Waals surface area contributed by atoms with E-state index in [2.05, 4.69) is 10.6 Å². The number of amides is 3. The van der Waals surface area contributed by atoms with Gasteiger partial charge in [0.1, 0.15) is 0 Å². The fourth-order valence-electron chi connectivity index (χ4n) is 1.60. The predicted octanol–water partition coefficient (Wildman–Crippen LogP) is 0.189. The van der Waals surface area contributed by atoms with Gasteiger partial charge in [0.05, 0.1) is 0 Å². The van der Waals surface area contributed by atoms with Gasteiger partial charge < -0.3 is 21.3 Å². The molecular weight excluding hydrogens is 256 g/mol. The van der Waals surface area contributed by atoms with E-state index >= 15 is 0 Å². The summed E-state index contributed by atoms with van der Waals surface area (Å²) in [7, 11) is 3.33. The lowest BCUT2D eigenvalue weighted by Gasteiger charge is -2.12. The van der Waals surface area contributed by atoms with Gasteiger partial charge in [-0.1, -0.05) is 12.1 Å². The molecule has 0 aliphatic rings. The molecule has 0 aliphatic heterocycles. The Morgan fingerprint density at radius 2 is 1.70 bits per heavy atom. The summed E-state index contributed by atoms with van der Waals surface area (Å²) in [5.41, 5.74) is 7.18. The molecule has 110 valence electrons. The van der Waals surface area contributed by atoms with Crippen LogP contribution in [0.1, 0.15) is 15.9 Å². The molecule has 1 rings (SSSR count). The molecule has 3 amide bonds. The standard InChI is InChI=1S/C14H22N4O2/c1-18(2)14(20)17-10-9-16-13(19)12-5-3-11(4-6-12)7-8-15/h3-6H,7-10,15H2,1-2H3,(H,16,19)(H,17,20). The summed E-state index contributed by atoms with van der Waals surface area (Å²) in [6, 6.07) is 7.17. The topological polar surface area (TPSA) is 87.5 Å². The number of nitrogens with zero attached hydrogens (tertiary/aromatic N) is 1. The Morgan fingerprint density at radius 1 is 1.10 bits per heavy atom. The second kappa shape index (κ2) is 8.16. The minimum atomic E-state index is -0.176. The van der Waals surface area contributed by atoms with Crippen LogP contribution in [0.4, 0.5) is 4.79 Å². The Hall–Kier alpha value is -2.08. The zero-order valence-corrected chi connectivity index (χ0v) is 12.0. The van der Waals surface area contributed by atoms with Crippen LogP contribution in [0.3, 0.4) is 0 Å². The third-order valence-electron chi connectivity index (χ3n) is 2.74. The van der Waals surface area contributed by atoms with Crippen LogP contribution in [0.5, 0.6) is 0 Å². The molecule has 0 spiro atoms. The first-order valence-electron chi connectivity index (χ1n) is 6.57. The van der Waals surface area contributed by atoms with E-state index in [4.69, 9.17) is 5.73 Å². The van der Waals surface area contributed by atoms with Gasteiger partial charge in [0.2, 0.25) is 0 Å². The van der Waals surface area contributed by atoms with Crippen molar-refractivity contribution < 1.29 is 9.59 Å². The van der Waals surface area contributed by atoms with Gasteiger partial charge in [-0.05, 0) is 30.7 Å². The van der Waals surface area contributed by atoms with Gasteiger partial charge in [-0.15, -0.1) is 0 Å². The molecule has 0 saturated carbocycles. The molecule has 0 unspecified atom stereocenters. The number of nitrogens with one attached hydrogen (secondary N) is 2. The molecule has 4 N–H and O–H groups in total. The van der Waals surface area contributed by atoms with Crippen LogP contribution in [-0.4, -0.2) is 50.6 Å². The molecule has 0 heterocycles. The molecule has 0 bridgehead atoms. The molecule has 0 radical (unpaired) electrons. The Bertz CT molecular complexity index is 443. The van der Waals surface area contributed by atoms with Crippen LogP contribution < -0.4 is 16.4 Å². The summed E-state index contributed by atoms with van der Waals surface area (Å²) >= 11 is 0. The second-order valence-corrected chi connectivity index (χ2v) is 4.62. The molecule has 1 aromatic carbocycles. The number of rotatable bonds is 6. The number of urea groups is 1. The van der Waals surface area contributed by atoms with E-state index in [1.54, 1.807) is 26.2 Å². The van der Waals surface area contributed by atoms with Crippen LogP contribution in [-0.2, 0) is 6.42 Å². The molecule has 0 fully saturated rings. The van der Waals surface area contributed by atoms with E-state index in [1.807, 2.05) is 12.1 Å². The van der Waals surface area contributed by atoms with Gasteiger partial charge >= 0.3 is 6.03 Å². The zero-order valence-electron chi connectivity index (χ0n) is 12.0. The van der Waals surface area contributed by atoms with E-state index in [-0.39, 0.29) is 11.9 Å². The van der Waals surface area contributed by atoms with Crippen molar-refractivity contribution in [1.82, 2.24) is 15.5 Å². The van der Waals surface area contributed by atoms with E-state index in [9.17, 15) is 9.59 Å². The molecule has 1 aromatic rings. The largest absolute Gasteiger partial charge is 0.350 e. The van der Waals surface area contributed by atoms with Crippen molar-refractivity contribution in [2.24, 2.45) is 5.73 Å². The highest BCUT2D eigenvalue weighted by Crippen LogP contribution is 2.04. The first kappa shape index (κ1) is 16.0. The van der Waals surface area contributed by atoms with Crippen LogP contribution >= 0.6 is 0 Å². The molecule has 0 atom stereocenters. The van der Waals surface area contributed by atoms with Crippen molar-refractivity contribution >= 4 is 11.9 Å². The normalized spacial score (nSPS) is 9.95. The fraction of sp³-hybridized carbons (Fsp3) is 0.429. The lowest BCUT2D eigenvalue weighted by Crippen LogP contribution is -2.39. The monoisotopic (exact) mass is 278 g/mol. The third-order valence-corrected chi connectivity index (χ3v) is 2.74. The maximum Gasteiger partial charge on any atom is 0.316 e. The van der Waals surface area contributed by atoms with Crippen molar-refractivity contribution in [2.45, 2.75) is 6.42 Å². The average Bonchev–Trinajstić information content (AvgIpc) is 2.44. The lowest BCUT2D eigenvalue weighted by molar-refractivity contribution is 0.0953. The van der Waals surface area contributed by atoms with Gasteiger partial charge in [-0.2, -0.15) is 0 Å². The molecular formula is C14H22N4O2. The SMILES string of the molecule is CN(C)C(=O)NCCNC(=O)c1ccc(CCN)cc1. The summed E-state index contributed by atoms with van der Waals surface area (Å²) in [5, 5.41) is 5.42. The van der Waals surface area contributed by atoms with Gasteiger partial charge in [0, 0.05) is 32.7 Å². The van der Waals surface area contributed by atoms with Crippen LogP contribution in [0.15, 0.2) is 24.3 Å². The lowest BCUT2D eigenvalue weighted by atomic mass is 10.1. The summed E-state index contributed by atoms with van der Waals surface area (Å²) in [6.07, 6.45) is 0.804. The Labute approximate surface area is 119 Å². The number of carbonyl (C=O) groups is 2. The van der Waals surface area contributed by atoms with E-state index in [1.165, 1.54) is 4.90 Å². The van der Waals surface area contributed by atoms with Gasteiger partial charge in [0.15, 0.2) is 0 Å². The summed E-state index contributed by atoms with van der Waals surface area (Å²) < 4.78 is 0. The van der Waals surface area contributed by atoms with Crippen molar-refractivity contribution in [3.8, 4) is 0 Å². The quantitative estimate of drug-likeness (QED) is 0.649. The number of hydrogen-bond acceptors (Lipinski definition) is 3. The van der Waals surface area contributed by atoms with Gasteiger partial charge in [0.25, 0.3) is 5.91 Å². The number of nitrogens with two attached hydrogens (primary N) is 1. The summed E-state index contributed by atoms with van der Waals surface area (Å²) in [4.78, 5) is 24.5. The minimum Gasteiger partial charge on any atom is -0.350 e. The van der Waals surface area contributed by atoms with Crippen molar-refractivity contribution in [3.05, 3.63) is 35.4 Å². The highest BCUT2D eigenvalue weighted by Gasteiger charge is 2.05. The average molecular weight is 278 g/mol. The highest BCUT2D eigenvalue weighted by molar-refractivity contribution is 5.94. The van der Waals surface area contributed by atoms with Crippen molar-refractivity contribution in [3.63, 3.8) is 0 Å². The minimum absolute atomic E-state index is 0.150. The third kappa shape index (κ3) is 5.27. The van der Waals surface area contributed by atoms with Gasteiger partial charge in [-0.25, -0.2) is 4.79 Å². The smallest absolute Gasteiger partial charge is 0.316 e. The van der Waals surface area contributed by atoms with Crippen LogP contribution in [0, 0.1) is 0 Å². The second-order valence-electron chi connectivity index (χ2n) is 4.62. The molecule has 6 nitrogen and oxygen atoms in total. The molecule has 0 saturated heterocycles. The van der Waals surface area contributed by atoms with E-state index in [0.29, 0.717) is 25.2 Å². The highest BCUT2D eigenvalue weighted by atomic mass is 16.2. The summed E-state index contributed by atoms with van der Waals surface area (Å²) in [5.74, 6) is -0.150. The summed E-state index contributed by atoms with van der Waals surface area (Å²) in [6.45, 7) is 1.38. The maximum atomic E-state index is 11.8. The molecule has 0 aliphatic carbocycles. The molecule has 0 aromatic heterocycles. The first-order chi connectivity index (χ1) is 9.54.